The number of carbonyl (C=O) groups is 1. The highest BCUT2D eigenvalue weighted by Crippen LogP contribution is 2.28. The maximum atomic E-state index is 12.4. The van der Waals surface area contributed by atoms with Crippen molar-refractivity contribution in [2.24, 2.45) is 0 Å². The van der Waals surface area contributed by atoms with Crippen LogP contribution < -0.4 is 10.1 Å². The first-order valence-electron chi connectivity index (χ1n) is 8.40. The van der Waals surface area contributed by atoms with Crippen LogP contribution in [-0.4, -0.2) is 62.6 Å². The lowest BCUT2D eigenvalue weighted by Gasteiger charge is -2.29. The Kier molecular flexibility index (Phi) is 7.05. The van der Waals surface area contributed by atoms with Crippen molar-refractivity contribution in [2.75, 3.05) is 46.9 Å². The van der Waals surface area contributed by atoms with Crippen molar-refractivity contribution < 1.29 is 9.53 Å². The van der Waals surface area contributed by atoms with E-state index in [1.54, 1.807) is 7.11 Å². The van der Waals surface area contributed by atoms with E-state index in [0.717, 1.165) is 37.5 Å². The number of likely N-dealkylation sites (N-methyl/N-ethyl adjacent to an activating group) is 1. The molecule has 25 heavy (non-hydrogen) atoms. The summed E-state index contributed by atoms with van der Waals surface area (Å²) in [4.78, 5) is 16.4. The molecule has 0 bridgehead atoms. The number of hydrogen-bond acceptors (Lipinski definition) is 4. The van der Waals surface area contributed by atoms with Crippen molar-refractivity contribution in [3.8, 4) is 5.75 Å². The molecule has 0 aliphatic carbocycles. The molecule has 136 valence electrons. The molecule has 5 nitrogen and oxygen atoms in total. The topological polar surface area (TPSA) is 44.8 Å². The Morgan fingerprint density at radius 3 is 2.64 bits per heavy atom. The fourth-order valence-electron chi connectivity index (χ4n) is 3.24. The van der Waals surface area contributed by atoms with E-state index in [1.165, 1.54) is 10.8 Å². The van der Waals surface area contributed by atoms with Crippen LogP contribution in [0.2, 0.25) is 0 Å². The molecule has 0 unspecified atom stereocenters. The van der Waals surface area contributed by atoms with Gasteiger partial charge in [0.2, 0.25) is 5.91 Å². The van der Waals surface area contributed by atoms with E-state index in [2.05, 4.69) is 28.4 Å². The maximum absolute atomic E-state index is 12.4. The molecule has 1 aliphatic heterocycles. The summed E-state index contributed by atoms with van der Waals surface area (Å²) in [5.74, 6) is 1.06. The molecule has 1 fully saturated rings. The summed E-state index contributed by atoms with van der Waals surface area (Å²) in [6.07, 6.45) is 0. The summed E-state index contributed by atoms with van der Waals surface area (Å²) < 4.78 is 5.55. The molecule has 1 saturated heterocycles. The van der Waals surface area contributed by atoms with Crippen LogP contribution in [0.3, 0.4) is 0 Å². The highest BCUT2D eigenvalue weighted by Gasteiger charge is 2.19. The minimum Gasteiger partial charge on any atom is -0.496 e. The number of halogens is 1. The molecule has 3 rings (SSSR count). The van der Waals surface area contributed by atoms with Crippen molar-refractivity contribution in [1.82, 2.24) is 15.1 Å². The summed E-state index contributed by atoms with van der Waals surface area (Å²) in [6.45, 7) is 4.46. The Hall–Kier alpha value is -1.82. The number of hydrogen-bond donors (Lipinski definition) is 1. The van der Waals surface area contributed by atoms with E-state index in [0.29, 0.717) is 13.1 Å². The Labute approximate surface area is 155 Å². The van der Waals surface area contributed by atoms with Gasteiger partial charge in [-0.1, -0.05) is 30.3 Å². The highest BCUT2D eigenvalue weighted by atomic mass is 35.5. The largest absolute Gasteiger partial charge is 0.496 e. The van der Waals surface area contributed by atoms with E-state index < -0.39 is 0 Å². The van der Waals surface area contributed by atoms with Crippen molar-refractivity contribution in [2.45, 2.75) is 6.54 Å². The van der Waals surface area contributed by atoms with Crippen LogP contribution >= 0.6 is 12.4 Å². The number of rotatable bonds is 5. The van der Waals surface area contributed by atoms with Gasteiger partial charge in [0.15, 0.2) is 0 Å². The summed E-state index contributed by atoms with van der Waals surface area (Å²) in [7, 11) is 3.68. The molecule has 1 aliphatic rings. The first kappa shape index (κ1) is 19.5. The number of carbonyl (C=O) groups excluding carboxylic acids is 1. The van der Waals surface area contributed by atoms with Crippen LogP contribution in [0.5, 0.6) is 5.75 Å². The van der Waals surface area contributed by atoms with Crippen LogP contribution in [0.4, 0.5) is 0 Å². The Morgan fingerprint density at radius 1 is 1.20 bits per heavy atom. The molecule has 0 saturated carbocycles. The van der Waals surface area contributed by atoms with Gasteiger partial charge in [-0.25, -0.2) is 0 Å². The van der Waals surface area contributed by atoms with E-state index in [-0.39, 0.29) is 18.3 Å². The fourth-order valence-corrected chi connectivity index (χ4v) is 3.24. The van der Waals surface area contributed by atoms with E-state index in [4.69, 9.17) is 4.74 Å². The van der Waals surface area contributed by atoms with Gasteiger partial charge in [0.1, 0.15) is 5.75 Å². The van der Waals surface area contributed by atoms with Gasteiger partial charge < -0.3 is 15.0 Å². The number of piperazine rings is 1. The van der Waals surface area contributed by atoms with E-state index in [9.17, 15) is 4.79 Å². The number of methoxy groups -OCH3 is 1. The maximum Gasteiger partial charge on any atom is 0.236 e. The molecule has 2 aromatic rings. The number of amides is 1. The monoisotopic (exact) mass is 363 g/mol. The molecule has 2 aromatic carbocycles. The summed E-state index contributed by atoms with van der Waals surface area (Å²) in [6, 6.07) is 12.4. The Morgan fingerprint density at radius 2 is 1.92 bits per heavy atom. The third-order valence-electron chi connectivity index (χ3n) is 4.52. The van der Waals surface area contributed by atoms with Gasteiger partial charge in [0, 0.05) is 38.3 Å². The standard InChI is InChI=1S/C19H25N3O2.ClH/c1-21(14-19(23)22-11-9-20-10-12-22)13-17-16-6-4-3-5-15(16)7-8-18(17)24-2;/h3-8,20H,9-14H2,1-2H3;1H. The third kappa shape index (κ3) is 4.63. The van der Waals surface area contributed by atoms with Crippen molar-refractivity contribution >= 4 is 29.1 Å². The molecule has 0 atom stereocenters. The number of nitrogens with one attached hydrogen (secondary N) is 1. The van der Waals surface area contributed by atoms with Crippen LogP contribution in [0, 0.1) is 0 Å². The van der Waals surface area contributed by atoms with Crippen LogP contribution in [-0.2, 0) is 11.3 Å². The molecule has 0 radical (unpaired) electrons. The fraction of sp³-hybridized carbons (Fsp3) is 0.421. The van der Waals surface area contributed by atoms with Crippen LogP contribution in [0.25, 0.3) is 10.8 Å². The van der Waals surface area contributed by atoms with Crippen LogP contribution in [0.15, 0.2) is 36.4 Å². The predicted octanol–water partition coefficient (Wildman–Crippen LogP) is 2.13. The SMILES string of the molecule is COc1ccc2ccccc2c1CN(C)CC(=O)N1CCNCC1.Cl. The zero-order valence-corrected chi connectivity index (χ0v) is 15.6. The molecule has 6 heteroatoms. The lowest BCUT2D eigenvalue weighted by Crippen LogP contribution is -2.49. The zero-order valence-electron chi connectivity index (χ0n) is 14.8. The molecule has 1 N–H and O–H groups in total. The van der Waals surface area contributed by atoms with Gasteiger partial charge >= 0.3 is 0 Å². The lowest BCUT2D eigenvalue weighted by molar-refractivity contribution is -0.132. The average Bonchev–Trinajstić information content (AvgIpc) is 2.62. The van der Waals surface area contributed by atoms with E-state index in [1.807, 2.05) is 30.1 Å². The predicted molar refractivity (Wildman–Crippen MR) is 104 cm³/mol. The first-order chi connectivity index (χ1) is 11.7. The number of fused-ring (bicyclic) bond motifs is 1. The number of ether oxygens (including phenoxy) is 1. The van der Waals surface area contributed by atoms with Gasteiger partial charge in [-0.15, -0.1) is 12.4 Å². The normalized spacial score (nSPS) is 14.4. The number of benzene rings is 2. The second kappa shape index (κ2) is 9.04. The summed E-state index contributed by atoms with van der Waals surface area (Å²) >= 11 is 0. The minimum atomic E-state index is 0. The first-order valence-corrected chi connectivity index (χ1v) is 8.40. The molecular weight excluding hydrogens is 338 g/mol. The van der Waals surface area contributed by atoms with Crippen molar-refractivity contribution in [3.05, 3.63) is 42.0 Å². The van der Waals surface area contributed by atoms with Gasteiger partial charge in [0.05, 0.1) is 13.7 Å². The highest BCUT2D eigenvalue weighted by molar-refractivity contribution is 5.88. The summed E-state index contributed by atoms with van der Waals surface area (Å²) in [5.41, 5.74) is 1.13. The Balaban J connectivity index is 0.00000225. The van der Waals surface area contributed by atoms with Gasteiger partial charge in [0.25, 0.3) is 0 Å². The van der Waals surface area contributed by atoms with Crippen LogP contribution in [0.1, 0.15) is 5.56 Å². The number of nitrogens with zero attached hydrogens (tertiary/aromatic N) is 2. The van der Waals surface area contributed by atoms with Gasteiger partial charge in [-0.2, -0.15) is 0 Å². The summed E-state index contributed by atoms with van der Waals surface area (Å²) in [5, 5.41) is 5.64. The molecule has 1 heterocycles. The second-order valence-electron chi connectivity index (χ2n) is 6.27. The molecular formula is C19H26ClN3O2. The average molecular weight is 364 g/mol. The molecule has 0 aromatic heterocycles. The van der Waals surface area contributed by atoms with Crippen molar-refractivity contribution in [1.29, 1.82) is 0 Å². The van der Waals surface area contributed by atoms with E-state index >= 15 is 0 Å². The minimum absolute atomic E-state index is 0. The molecule has 0 spiro atoms. The third-order valence-corrected chi connectivity index (χ3v) is 4.52. The quantitative estimate of drug-likeness (QED) is 0.884. The smallest absolute Gasteiger partial charge is 0.236 e. The second-order valence-corrected chi connectivity index (χ2v) is 6.27. The lowest BCUT2D eigenvalue weighted by atomic mass is 10.0. The zero-order chi connectivity index (χ0) is 16.9. The van der Waals surface area contributed by atoms with Crippen molar-refractivity contribution in [3.63, 3.8) is 0 Å². The van der Waals surface area contributed by atoms with Gasteiger partial charge in [-0.05, 0) is 23.9 Å². The van der Waals surface area contributed by atoms with Gasteiger partial charge in [-0.3, -0.25) is 9.69 Å². The Bertz CT molecular complexity index is 717. The molecule has 1 amide bonds.